The van der Waals surface area contributed by atoms with Crippen molar-refractivity contribution in [2.75, 3.05) is 13.3 Å². The van der Waals surface area contributed by atoms with E-state index in [2.05, 4.69) is 22.0 Å². The Hall–Kier alpha value is -2.63. The lowest BCUT2D eigenvalue weighted by molar-refractivity contribution is 0.174. The van der Waals surface area contributed by atoms with Gasteiger partial charge in [-0.2, -0.15) is 0 Å². The number of nitrogens with zero attached hydrogens (tertiary/aromatic N) is 3. The maximum Gasteiger partial charge on any atom is 0.231 e. The van der Waals surface area contributed by atoms with Crippen LogP contribution in [0.1, 0.15) is 16.8 Å². The first-order valence-corrected chi connectivity index (χ1v) is 9.34. The molecule has 0 spiro atoms. The zero-order valence-corrected chi connectivity index (χ0v) is 15.4. The topological polar surface area (TPSA) is 47.5 Å². The smallest absolute Gasteiger partial charge is 0.231 e. The van der Waals surface area contributed by atoms with Crippen molar-refractivity contribution in [1.29, 1.82) is 0 Å². The van der Waals surface area contributed by atoms with Crippen LogP contribution in [-0.4, -0.2) is 28.2 Å². The van der Waals surface area contributed by atoms with Crippen LogP contribution >= 0.6 is 11.6 Å². The van der Waals surface area contributed by atoms with Crippen molar-refractivity contribution in [1.82, 2.24) is 14.9 Å². The van der Waals surface area contributed by atoms with Gasteiger partial charge in [-0.25, -0.2) is 9.97 Å². The number of hydrogen-bond donors (Lipinski definition) is 0. The summed E-state index contributed by atoms with van der Waals surface area (Å²) in [7, 11) is 0. The lowest BCUT2D eigenvalue weighted by atomic mass is 10.1. The summed E-state index contributed by atoms with van der Waals surface area (Å²) in [6.45, 7) is 2.97. The van der Waals surface area contributed by atoms with Crippen LogP contribution in [0.5, 0.6) is 11.5 Å². The molecule has 2 aliphatic heterocycles. The van der Waals surface area contributed by atoms with Crippen molar-refractivity contribution in [2.45, 2.75) is 19.5 Å². The largest absolute Gasteiger partial charge is 0.454 e. The highest BCUT2D eigenvalue weighted by molar-refractivity contribution is 6.30. The zero-order chi connectivity index (χ0) is 18.2. The van der Waals surface area contributed by atoms with E-state index in [1.807, 2.05) is 36.5 Å². The Morgan fingerprint density at radius 3 is 2.78 bits per heavy atom. The molecule has 0 aliphatic carbocycles. The third kappa shape index (κ3) is 3.36. The first-order valence-electron chi connectivity index (χ1n) is 8.96. The lowest BCUT2D eigenvalue weighted by Gasteiger charge is -2.28. The fourth-order valence-corrected chi connectivity index (χ4v) is 3.65. The second-order valence-corrected chi connectivity index (χ2v) is 7.26. The molecule has 136 valence electrons. The normalized spacial score (nSPS) is 15.6. The Morgan fingerprint density at radius 1 is 1.04 bits per heavy atom. The molecular formula is C21H18ClN3O2. The van der Waals surface area contributed by atoms with Gasteiger partial charge in [0, 0.05) is 36.4 Å². The average molecular weight is 380 g/mol. The van der Waals surface area contributed by atoms with Gasteiger partial charge in [0.25, 0.3) is 0 Å². The van der Waals surface area contributed by atoms with Gasteiger partial charge < -0.3 is 9.47 Å². The van der Waals surface area contributed by atoms with Gasteiger partial charge in [-0.3, -0.25) is 4.90 Å². The van der Waals surface area contributed by atoms with Crippen LogP contribution in [0.4, 0.5) is 0 Å². The van der Waals surface area contributed by atoms with Gasteiger partial charge >= 0.3 is 0 Å². The predicted octanol–water partition coefficient (Wildman–Crippen LogP) is 4.08. The fraction of sp³-hybridized carbons (Fsp3) is 0.238. The monoisotopic (exact) mass is 379 g/mol. The molecule has 1 aromatic heterocycles. The minimum absolute atomic E-state index is 0.306. The van der Waals surface area contributed by atoms with Crippen molar-refractivity contribution in [3.8, 4) is 22.9 Å². The fourth-order valence-electron chi connectivity index (χ4n) is 3.53. The molecule has 0 unspecified atom stereocenters. The maximum atomic E-state index is 5.98. The highest BCUT2D eigenvalue weighted by Crippen LogP contribution is 2.33. The van der Waals surface area contributed by atoms with E-state index < -0.39 is 0 Å². The van der Waals surface area contributed by atoms with Crippen molar-refractivity contribution >= 4 is 11.6 Å². The lowest BCUT2D eigenvalue weighted by Crippen LogP contribution is -2.31. The van der Waals surface area contributed by atoms with Crippen molar-refractivity contribution in [3.63, 3.8) is 0 Å². The quantitative estimate of drug-likeness (QED) is 0.686. The molecule has 0 saturated carbocycles. The maximum absolute atomic E-state index is 5.98. The summed E-state index contributed by atoms with van der Waals surface area (Å²) in [4.78, 5) is 11.8. The Bertz CT molecular complexity index is 991. The molecule has 6 heteroatoms. The Kier molecular flexibility index (Phi) is 4.19. The minimum Gasteiger partial charge on any atom is -0.454 e. The number of rotatable bonds is 3. The van der Waals surface area contributed by atoms with Crippen molar-refractivity contribution in [2.24, 2.45) is 0 Å². The van der Waals surface area contributed by atoms with Gasteiger partial charge in [0.2, 0.25) is 6.79 Å². The minimum atomic E-state index is 0.306. The molecule has 0 saturated heterocycles. The predicted molar refractivity (Wildman–Crippen MR) is 103 cm³/mol. The second kappa shape index (κ2) is 6.83. The molecule has 0 amide bonds. The second-order valence-electron chi connectivity index (χ2n) is 6.82. The summed E-state index contributed by atoms with van der Waals surface area (Å²) < 4.78 is 10.9. The Labute approximate surface area is 162 Å². The molecule has 3 aromatic rings. The third-order valence-corrected chi connectivity index (χ3v) is 5.22. The number of benzene rings is 2. The van der Waals surface area contributed by atoms with E-state index in [1.54, 1.807) is 0 Å². The van der Waals surface area contributed by atoms with E-state index in [1.165, 1.54) is 11.1 Å². The molecule has 0 radical (unpaired) electrons. The summed E-state index contributed by atoms with van der Waals surface area (Å²) in [6.07, 6.45) is 2.92. The van der Waals surface area contributed by atoms with Crippen LogP contribution in [0.15, 0.2) is 48.7 Å². The van der Waals surface area contributed by atoms with Crippen LogP contribution in [0.3, 0.4) is 0 Å². The average Bonchev–Trinajstić information content (AvgIpc) is 3.16. The third-order valence-electron chi connectivity index (χ3n) is 4.97. The molecule has 0 fully saturated rings. The molecule has 0 N–H and O–H groups in total. The van der Waals surface area contributed by atoms with E-state index >= 15 is 0 Å². The van der Waals surface area contributed by atoms with E-state index in [9.17, 15) is 0 Å². The van der Waals surface area contributed by atoms with Gasteiger partial charge in [0.1, 0.15) is 0 Å². The van der Waals surface area contributed by atoms with E-state index in [-0.39, 0.29) is 0 Å². The first kappa shape index (κ1) is 16.5. The summed E-state index contributed by atoms with van der Waals surface area (Å²) in [5, 5.41) is 0.714. The van der Waals surface area contributed by atoms with Gasteiger partial charge in [0.15, 0.2) is 17.3 Å². The summed E-state index contributed by atoms with van der Waals surface area (Å²) in [6, 6.07) is 13.8. The molecule has 2 aromatic carbocycles. The van der Waals surface area contributed by atoms with E-state index in [0.29, 0.717) is 11.8 Å². The van der Waals surface area contributed by atoms with E-state index in [0.717, 1.165) is 54.6 Å². The number of aromatic nitrogens is 2. The molecule has 5 rings (SSSR count). The molecule has 27 heavy (non-hydrogen) atoms. The van der Waals surface area contributed by atoms with Gasteiger partial charge in [0.05, 0.1) is 5.69 Å². The molecule has 0 bridgehead atoms. The van der Waals surface area contributed by atoms with Crippen LogP contribution in [-0.2, 0) is 19.5 Å². The van der Waals surface area contributed by atoms with Crippen molar-refractivity contribution in [3.05, 3.63) is 70.5 Å². The molecule has 5 nitrogen and oxygen atoms in total. The van der Waals surface area contributed by atoms with Gasteiger partial charge in [-0.1, -0.05) is 17.7 Å². The summed E-state index contributed by atoms with van der Waals surface area (Å²) >= 11 is 5.98. The molecule has 2 aliphatic rings. The zero-order valence-electron chi connectivity index (χ0n) is 14.7. The summed E-state index contributed by atoms with van der Waals surface area (Å²) in [5.41, 5.74) is 4.53. The van der Waals surface area contributed by atoms with Gasteiger partial charge in [-0.15, -0.1) is 0 Å². The molecular weight excluding hydrogens is 362 g/mol. The summed E-state index contributed by atoms with van der Waals surface area (Å²) in [5.74, 6) is 2.40. The highest BCUT2D eigenvalue weighted by atomic mass is 35.5. The number of halogens is 1. The van der Waals surface area contributed by atoms with Crippen LogP contribution in [0.2, 0.25) is 5.02 Å². The van der Waals surface area contributed by atoms with Crippen LogP contribution in [0, 0.1) is 0 Å². The first-order chi connectivity index (χ1) is 13.2. The highest BCUT2D eigenvalue weighted by Gasteiger charge is 2.20. The number of fused-ring (bicyclic) bond motifs is 2. The number of hydrogen-bond acceptors (Lipinski definition) is 5. The standard InChI is InChI=1S/C21H18ClN3O2/c22-17-4-2-15(3-5-17)21-23-10-16-7-8-25(12-18(16)24-21)11-14-1-6-19-20(9-14)27-13-26-19/h1-6,9-10H,7-8,11-13H2. The van der Waals surface area contributed by atoms with Crippen LogP contribution < -0.4 is 9.47 Å². The Morgan fingerprint density at radius 2 is 1.89 bits per heavy atom. The SMILES string of the molecule is Clc1ccc(-c2ncc3c(n2)CN(Cc2ccc4c(c2)OCO4)CC3)cc1. The van der Waals surface area contributed by atoms with Crippen LogP contribution in [0.25, 0.3) is 11.4 Å². The Balaban J connectivity index is 1.35. The van der Waals surface area contributed by atoms with Gasteiger partial charge in [-0.05, 0) is 53.9 Å². The molecule has 3 heterocycles. The molecule has 0 atom stereocenters. The number of ether oxygens (including phenoxy) is 2. The van der Waals surface area contributed by atoms with E-state index in [4.69, 9.17) is 26.1 Å². The van der Waals surface area contributed by atoms with Crippen molar-refractivity contribution < 1.29 is 9.47 Å².